The lowest BCUT2D eigenvalue weighted by Crippen LogP contribution is -2.23. The first-order chi connectivity index (χ1) is 9.26. The molecule has 0 bridgehead atoms. The predicted molar refractivity (Wildman–Crippen MR) is 78.5 cm³/mol. The highest BCUT2D eigenvalue weighted by molar-refractivity contribution is 6.67. The van der Waals surface area contributed by atoms with E-state index in [1.807, 2.05) is 24.3 Å². The van der Waals surface area contributed by atoms with Crippen LogP contribution < -0.4 is 10.8 Å². The van der Waals surface area contributed by atoms with Crippen molar-refractivity contribution in [1.29, 1.82) is 0 Å². The Morgan fingerprint density at radius 3 is 2.63 bits per heavy atom. The van der Waals surface area contributed by atoms with Gasteiger partial charge in [-0.3, -0.25) is 0 Å². The Bertz CT molecular complexity index is 646. The van der Waals surface area contributed by atoms with E-state index in [2.05, 4.69) is 35.2 Å². The minimum absolute atomic E-state index is 0.196. The molecule has 0 atom stereocenters. The summed E-state index contributed by atoms with van der Waals surface area (Å²) in [5.41, 5.74) is 5.21. The Morgan fingerprint density at radius 2 is 1.89 bits per heavy atom. The molecule has 0 saturated carbocycles. The van der Waals surface area contributed by atoms with Crippen molar-refractivity contribution in [1.82, 2.24) is 0 Å². The Labute approximate surface area is 113 Å². The predicted octanol–water partition coefficient (Wildman–Crippen LogP) is 3.34. The topological polar surface area (TPSA) is 25.6 Å². The molecular weight excluding hydrogens is 235 g/mol. The molecule has 0 aromatic heterocycles. The van der Waals surface area contributed by atoms with Crippen LogP contribution >= 0.6 is 0 Å². The third-order valence-corrected chi connectivity index (χ3v) is 3.35. The number of fused-ring (bicyclic) bond motifs is 1. The Hall–Kier alpha value is -2.25. The fourth-order valence-electron chi connectivity index (χ4n) is 2.30. The van der Waals surface area contributed by atoms with Gasteiger partial charge in [-0.1, -0.05) is 25.0 Å². The van der Waals surface area contributed by atoms with Gasteiger partial charge in [-0.2, -0.15) is 0 Å². The normalized spacial score (nSPS) is 12.9. The van der Waals surface area contributed by atoms with Crippen LogP contribution in [-0.2, 0) is 11.3 Å². The zero-order chi connectivity index (χ0) is 13.2. The van der Waals surface area contributed by atoms with Gasteiger partial charge in [0, 0.05) is 11.4 Å². The molecule has 0 unspecified atom stereocenters. The van der Waals surface area contributed by atoms with Crippen LogP contribution in [-0.4, -0.2) is 6.92 Å². The first-order valence-corrected chi connectivity index (χ1v) is 6.25. The van der Waals surface area contributed by atoms with Crippen LogP contribution in [0.15, 0.2) is 42.5 Å². The third kappa shape index (κ3) is 2.33. The molecule has 0 radical (unpaired) electrons. The van der Waals surface area contributed by atoms with Crippen molar-refractivity contribution in [3.05, 3.63) is 59.4 Å². The number of nitrogens with one attached hydrogen (secondary N) is 1. The fraction of sp³-hybridized carbons (Fsp3) is 0.133. The average molecular weight is 248 g/mol. The molecule has 1 N–H and O–H groups in total. The number of anilines is 2. The van der Waals surface area contributed by atoms with E-state index in [1.165, 1.54) is 11.0 Å². The number of nitrogens with zero attached hydrogens (tertiary/aromatic N) is 1. The maximum atomic E-state index is 6.93. The standard InChI is InChI=1S/C15H13BN2O/c1-16-15-8-7-14(9-11(15)10-19-16)18-13-5-3-12(17-2)4-6-13/h3-9,18H,10H2,1H3. The summed E-state index contributed by atoms with van der Waals surface area (Å²) in [6.45, 7) is 9.88. The second kappa shape index (κ2) is 4.79. The number of rotatable bonds is 2. The van der Waals surface area contributed by atoms with Crippen LogP contribution in [0.2, 0.25) is 6.82 Å². The minimum atomic E-state index is 0.196. The van der Waals surface area contributed by atoms with Crippen molar-refractivity contribution in [2.45, 2.75) is 13.4 Å². The first-order valence-electron chi connectivity index (χ1n) is 6.25. The van der Waals surface area contributed by atoms with E-state index in [0.717, 1.165) is 11.4 Å². The second-order valence-corrected chi connectivity index (χ2v) is 4.65. The van der Waals surface area contributed by atoms with Crippen LogP contribution in [0.5, 0.6) is 0 Å². The molecule has 0 aliphatic carbocycles. The third-order valence-electron chi connectivity index (χ3n) is 3.35. The highest BCUT2D eigenvalue weighted by Crippen LogP contribution is 2.22. The second-order valence-electron chi connectivity index (χ2n) is 4.65. The van der Waals surface area contributed by atoms with Crippen molar-refractivity contribution in [2.24, 2.45) is 0 Å². The summed E-state index contributed by atoms with van der Waals surface area (Å²) in [6.07, 6.45) is 0. The van der Waals surface area contributed by atoms with Gasteiger partial charge in [0.25, 0.3) is 0 Å². The Kier molecular flexibility index (Phi) is 2.98. The van der Waals surface area contributed by atoms with E-state index in [-0.39, 0.29) is 6.92 Å². The molecule has 2 aromatic carbocycles. The molecule has 3 nitrogen and oxygen atoms in total. The monoisotopic (exact) mass is 248 g/mol. The molecular formula is C15H13BN2O. The number of hydrogen-bond acceptors (Lipinski definition) is 2. The zero-order valence-corrected chi connectivity index (χ0v) is 10.7. The quantitative estimate of drug-likeness (QED) is 0.651. The van der Waals surface area contributed by atoms with Crippen molar-refractivity contribution in [2.75, 3.05) is 5.32 Å². The lowest BCUT2D eigenvalue weighted by Gasteiger charge is -2.08. The molecule has 0 fully saturated rings. The van der Waals surface area contributed by atoms with Crippen LogP contribution in [0.3, 0.4) is 0 Å². The van der Waals surface area contributed by atoms with E-state index in [4.69, 9.17) is 11.2 Å². The van der Waals surface area contributed by atoms with Gasteiger partial charge >= 0.3 is 6.92 Å². The average Bonchev–Trinajstić information content (AvgIpc) is 2.81. The van der Waals surface area contributed by atoms with E-state index in [9.17, 15) is 0 Å². The van der Waals surface area contributed by atoms with Gasteiger partial charge in [-0.15, -0.1) is 0 Å². The van der Waals surface area contributed by atoms with Gasteiger partial charge in [0.15, 0.2) is 5.69 Å². The first kappa shape index (κ1) is 11.8. The maximum Gasteiger partial charge on any atom is 0.324 e. The lowest BCUT2D eigenvalue weighted by molar-refractivity contribution is 0.334. The van der Waals surface area contributed by atoms with Crippen molar-refractivity contribution >= 4 is 29.4 Å². The Morgan fingerprint density at radius 1 is 1.16 bits per heavy atom. The van der Waals surface area contributed by atoms with Gasteiger partial charge in [0.2, 0.25) is 0 Å². The zero-order valence-electron chi connectivity index (χ0n) is 10.7. The fourth-order valence-corrected chi connectivity index (χ4v) is 2.30. The Balaban J connectivity index is 1.82. The summed E-state index contributed by atoms with van der Waals surface area (Å²) in [5, 5.41) is 3.34. The highest BCUT2D eigenvalue weighted by Gasteiger charge is 2.22. The van der Waals surface area contributed by atoms with Crippen LogP contribution in [0, 0.1) is 6.57 Å². The summed E-state index contributed by atoms with van der Waals surface area (Å²) in [5.74, 6) is 0. The summed E-state index contributed by atoms with van der Waals surface area (Å²) in [4.78, 5) is 3.38. The molecule has 1 aliphatic heterocycles. The number of hydrogen-bond donors (Lipinski definition) is 1. The van der Waals surface area contributed by atoms with Crippen molar-refractivity contribution in [3.8, 4) is 0 Å². The van der Waals surface area contributed by atoms with E-state index in [1.54, 1.807) is 0 Å². The molecule has 1 heterocycles. The summed E-state index contributed by atoms with van der Waals surface area (Å²) in [6, 6.07) is 13.8. The van der Waals surface area contributed by atoms with Crippen LogP contribution in [0.1, 0.15) is 5.56 Å². The van der Waals surface area contributed by atoms with Gasteiger partial charge < -0.3 is 9.97 Å². The molecule has 0 amide bonds. The lowest BCUT2D eigenvalue weighted by atomic mass is 9.64. The van der Waals surface area contributed by atoms with Crippen molar-refractivity contribution < 1.29 is 4.65 Å². The van der Waals surface area contributed by atoms with Crippen LogP contribution in [0.25, 0.3) is 4.85 Å². The molecule has 4 heteroatoms. The van der Waals surface area contributed by atoms with Gasteiger partial charge in [-0.25, -0.2) is 4.85 Å². The molecule has 92 valence electrons. The summed E-state index contributed by atoms with van der Waals surface area (Å²) >= 11 is 0. The highest BCUT2D eigenvalue weighted by atomic mass is 16.4. The van der Waals surface area contributed by atoms with Crippen molar-refractivity contribution in [3.63, 3.8) is 0 Å². The molecule has 3 rings (SSSR count). The smallest absolute Gasteiger partial charge is 0.324 e. The molecule has 0 saturated heterocycles. The van der Waals surface area contributed by atoms with E-state index in [0.29, 0.717) is 12.3 Å². The van der Waals surface area contributed by atoms with Gasteiger partial charge in [-0.05, 0) is 35.3 Å². The summed E-state index contributed by atoms with van der Waals surface area (Å²) in [7, 11) is 0. The SMILES string of the molecule is [C-]#[N+]c1ccc(Nc2ccc3c(c2)COB3C)cc1. The van der Waals surface area contributed by atoms with Gasteiger partial charge in [0.1, 0.15) is 0 Å². The molecule has 2 aromatic rings. The van der Waals surface area contributed by atoms with E-state index < -0.39 is 0 Å². The maximum absolute atomic E-state index is 6.93. The molecule has 1 aliphatic rings. The number of benzene rings is 2. The summed E-state index contributed by atoms with van der Waals surface area (Å²) < 4.78 is 5.60. The molecule has 19 heavy (non-hydrogen) atoms. The molecule has 0 spiro atoms. The largest absolute Gasteiger partial charge is 0.427 e. The minimum Gasteiger partial charge on any atom is -0.427 e. The van der Waals surface area contributed by atoms with E-state index >= 15 is 0 Å². The van der Waals surface area contributed by atoms with Gasteiger partial charge in [0.05, 0.1) is 13.2 Å². The van der Waals surface area contributed by atoms with Crippen LogP contribution in [0.4, 0.5) is 17.1 Å².